The van der Waals surface area contributed by atoms with Gasteiger partial charge in [-0.1, -0.05) is 0 Å². The van der Waals surface area contributed by atoms with Crippen LogP contribution in [0.5, 0.6) is 23.0 Å². The number of likely N-dealkylation sites (N-methyl/N-ethyl adjacent to an activating group) is 2. The fourth-order valence-corrected chi connectivity index (χ4v) is 4.74. The molecule has 12 nitrogen and oxygen atoms in total. The number of methoxy groups -OCH3 is 2. The van der Waals surface area contributed by atoms with E-state index in [0.717, 1.165) is 38.3 Å². The molecule has 2 saturated heterocycles. The largest absolute Gasteiger partial charge is 0.534 e. The van der Waals surface area contributed by atoms with Gasteiger partial charge in [0, 0.05) is 64.5 Å². The molecule has 2 fully saturated rings. The minimum Gasteiger partial charge on any atom is -0.508 e. The van der Waals surface area contributed by atoms with Gasteiger partial charge in [0.05, 0.1) is 25.3 Å². The molecule has 0 aromatic heterocycles. The Balaban J connectivity index is 0.000000248. The maximum absolute atomic E-state index is 12.5. The van der Waals surface area contributed by atoms with Gasteiger partial charge < -0.3 is 38.4 Å². The van der Waals surface area contributed by atoms with Crippen molar-refractivity contribution >= 4 is 21.9 Å². The molecule has 0 spiro atoms. The molecule has 2 aliphatic heterocycles. The quantitative estimate of drug-likeness (QED) is 0.374. The van der Waals surface area contributed by atoms with Crippen molar-refractivity contribution in [2.45, 2.75) is 5.51 Å². The fourth-order valence-electron chi connectivity index (χ4n) is 4.29. The summed E-state index contributed by atoms with van der Waals surface area (Å²) in [5.41, 5.74) is -4.93. The Bertz CT molecular complexity index is 1390. The van der Waals surface area contributed by atoms with Crippen LogP contribution in [0.2, 0.25) is 0 Å². The van der Waals surface area contributed by atoms with Gasteiger partial charge in [0.2, 0.25) is 0 Å². The van der Waals surface area contributed by atoms with E-state index in [9.17, 15) is 36.3 Å². The highest BCUT2D eigenvalue weighted by Gasteiger charge is 2.48. The molecule has 0 atom stereocenters. The first-order valence-corrected chi connectivity index (χ1v) is 14.6. The molecule has 2 aromatic carbocycles. The first-order chi connectivity index (χ1) is 20.2. The Morgan fingerprint density at radius 2 is 1.16 bits per heavy atom. The number of phenols is 1. The summed E-state index contributed by atoms with van der Waals surface area (Å²) in [5.74, 6) is -0.543. The van der Waals surface area contributed by atoms with Crippen molar-refractivity contribution < 1.29 is 49.9 Å². The summed E-state index contributed by atoms with van der Waals surface area (Å²) in [6.45, 7) is 5.59. The van der Waals surface area contributed by atoms with Gasteiger partial charge in [-0.2, -0.15) is 21.6 Å². The van der Waals surface area contributed by atoms with E-state index < -0.39 is 21.4 Å². The number of nitrogens with zero attached hydrogens (tertiary/aromatic N) is 4. The second-order valence-corrected chi connectivity index (χ2v) is 11.5. The number of hydrogen-bond acceptors (Lipinski definition) is 10. The van der Waals surface area contributed by atoms with E-state index in [2.05, 4.69) is 14.0 Å². The van der Waals surface area contributed by atoms with Crippen molar-refractivity contribution in [3.8, 4) is 23.0 Å². The second kappa shape index (κ2) is 14.1. The molecule has 0 bridgehead atoms. The van der Waals surface area contributed by atoms with Crippen LogP contribution in [0, 0.1) is 0 Å². The Labute approximate surface area is 248 Å². The molecule has 2 heterocycles. The van der Waals surface area contributed by atoms with E-state index in [1.165, 1.54) is 32.4 Å². The molecule has 2 aromatic rings. The highest BCUT2D eigenvalue weighted by Crippen LogP contribution is 2.31. The molecule has 0 saturated carbocycles. The predicted octanol–water partition coefficient (Wildman–Crippen LogP) is 2.10. The lowest BCUT2D eigenvalue weighted by molar-refractivity contribution is -0.0500. The lowest BCUT2D eigenvalue weighted by Gasteiger charge is -2.32. The standard InChI is InChI=1S/C14H17F3N2O5S.C13H18N2O3/c1-18-5-7-19(8-6-18)13(20)11-4-3-10(9-12(11)23-2)24-25(21,22)14(15,16)17;1-14-5-7-15(8-6-14)13(17)11-4-3-10(16)9-12(11)18-2/h3-4,9H,5-8H2,1-2H3;3-4,9,16H,5-8H2,1-2H3. The zero-order valence-electron chi connectivity index (χ0n) is 24.3. The van der Waals surface area contributed by atoms with Crippen molar-refractivity contribution in [1.82, 2.24) is 19.6 Å². The van der Waals surface area contributed by atoms with Gasteiger partial charge in [0.25, 0.3) is 11.8 Å². The SMILES string of the molecule is COc1cc(O)ccc1C(=O)N1CCN(C)CC1.COc1cc(OS(=O)(=O)C(F)(F)F)ccc1C(=O)N1CCN(C)CC1. The van der Waals surface area contributed by atoms with Crippen LogP contribution in [-0.4, -0.2) is 131 Å². The number of carbonyl (C=O) groups is 2. The number of piperazine rings is 2. The fraction of sp³-hybridized carbons (Fsp3) is 0.481. The molecule has 0 radical (unpaired) electrons. The smallest absolute Gasteiger partial charge is 0.508 e. The summed E-state index contributed by atoms with van der Waals surface area (Å²) in [6, 6.07) is 7.67. The molecular formula is C27H35F3N4O8S. The first kappa shape index (κ1) is 33.7. The Hall–Kier alpha value is -3.76. The molecular weight excluding hydrogens is 597 g/mol. The number of alkyl halides is 3. The first-order valence-electron chi connectivity index (χ1n) is 13.2. The van der Waals surface area contributed by atoms with Crippen LogP contribution in [0.3, 0.4) is 0 Å². The monoisotopic (exact) mass is 632 g/mol. The normalized spacial score (nSPS) is 16.6. The number of hydrogen-bond donors (Lipinski definition) is 1. The van der Waals surface area contributed by atoms with Crippen molar-refractivity contribution in [3.63, 3.8) is 0 Å². The zero-order valence-corrected chi connectivity index (χ0v) is 25.1. The maximum Gasteiger partial charge on any atom is 0.534 e. The molecule has 16 heteroatoms. The minimum atomic E-state index is -5.79. The lowest BCUT2D eigenvalue weighted by atomic mass is 10.1. The van der Waals surface area contributed by atoms with E-state index in [4.69, 9.17) is 9.47 Å². The molecule has 0 unspecified atom stereocenters. The van der Waals surface area contributed by atoms with Crippen LogP contribution in [0.1, 0.15) is 20.7 Å². The number of ether oxygens (including phenoxy) is 2. The van der Waals surface area contributed by atoms with Crippen molar-refractivity contribution in [3.05, 3.63) is 47.5 Å². The summed E-state index contributed by atoms with van der Waals surface area (Å²) < 4.78 is 73.4. The number of benzene rings is 2. The highest BCUT2D eigenvalue weighted by molar-refractivity contribution is 7.88. The van der Waals surface area contributed by atoms with E-state index >= 15 is 0 Å². The van der Waals surface area contributed by atoms with Gasteiger partial charge in [-0.3, -0.25) is 9.59 Å². The molecule has 2 amide bonds. The minimum absolute atomic E-state index is 0.0417. The Kier molecular flexibility index (Phi) is 11.1. The van der Waals surface area contributed by atoms with Gasteiger partial charge in [0.15, 0.2) is 0 Å². The van der Waals surface area contributed by atoms with Crippen LogP contribution in [-0.2, 0) is 10.1 Å². The molecule has 4 rings (SSSR count). The third kappa shape index (κ3) is 8.64. The Morgan fingerprint density at radius 3 is 1.58 bits per heavy atom. The average molecular weight is 633 g/mol. The molecule has 2 aliphatic rings. The summed E-state index contributed by atoms with van der Waals surface area (Å²) in [6.07, 6.45) is 0. The van der Waals surface area contributed by atoms with Crippen LogP contribution < -0.4 is 13.7 Å². The predicted molar refractivity (Wildman–Crippen MR) is 150 cm³/mol. The summed E-state index contributed by atoms with van der Waals surface area (Å²) in [7, 11) is 0.895. The summed E-state index contributed by atoms with van der Waals surface area (Å²) in [4.78, 5) is 32.5. The average Bonchev–Trinajstić information content (AvgIpc) is 2.96. The van der Waals surface area contributed by atoms with Crippen molar-refractivity contribution in [2.24, 2.45) is 0 Å². The number of rotatable bonds is 6. The number of phenolic OH excluding ortho intramolecular Hbond substituents is 1. The van der Waals surface area contributed by atoms with Crippen LogP contribution in [0.4, 0.5) is 13.2 Å². The third-order valence-corrected chi connectivity index (χ3v) is 7.87. The summed E-state index contributed by atoms with van der Waals surface area (Å²) in [5, 5.41) is 9.38. The van der Waals surface area contributed by atoms with Crippen LogP contribution in [0.25, 0.3) is 0 Å². The summed E-state index contributed by atoms with van der Waals surface area (Å²) >= 11 is 0. The van der Waals surface area contributed by atoms with Crippen molar-refractivity contribution in [2.75, 3.05) is 80.7 Å². The van der Waals surface area contributed by atoms with E-state index in [-0.39, 0.29) is 28.9 Å². The van der Waals surface area contributed by atoms with Crippen LogP contribution in [0.15, 0.2) is 36.4 Å². The molecule has 238 valence electrons. The topological polar surface area (TPSA) is 129 Å². The molecule has 1 N–H and O–H groups in total. The Morgan fingerprint density at radius 1 is 0.744 bits per heavy atom. The van der Waals surface area contributed by atoms with E-state index in [0.29, 0.717) is 37.5 Å². The van der Waals surface area contributed by atoms with Gasteiger partial charge in [-0.15, -0.1) is 0 Å². The van der Waals surface area contributed by atoms with E-state index in [1.54, 1.807) is 11.0 Å². The van der Waals surface area contributed by atoms with Gasteiger partial charge in [-0.25, -0.2) is 0 Å². The second-order valence-electron chi connectivity index (χ2n) is 9.92. The number of halogens is 3. The van der Waals surface area contributed by atoms with Gasteiger partial charge >= 0.3 is 15.6 Å². The zero-order chi connectivity index (χ0) is 31.9. The lowest BCUT2D eigenvalue weighted by Crippen LogP contribution is -2.47. The van der Waals surface area contributed by atoms with Gasteiger partial charge in [-0.05, 0) is 38.4 Å². The molecule has 43 heavy (non-hydrogen) atoms. The van der Waals surface area contributed by atoms with Gasteiger partial charge in [0.1, 0.15) is 23.0 Å². The van der Waals surface area contributed by atoms with E-state index in [1.807, 2.05) is 19.0 Å². The maximum atomic E-state index is 12.5. The number of carbonyl (C=O) groups excluding carboxylic acids is 2. The third-order valence-electron chi connectivity index (χ3n) is 6.89. The van der Waals surface area contributed by atoms with Crippen molar-refractivity contribution in [1.29, 1.82) is 0 Å². The number of amides is 2. The number of aromatic hydroxyl groups is 1. The van der Waals surface area contributed by atoms with Crippen LogP contribution >= 0.6 is 0 Å². The highest BCUT2D eigenvalue weighted by atomic mass is 32.2. The molecule has 0 aliphatic carbocycles.